The molecule has 2 heterocycles. The number of para-hydroxylation sites is 1. The van der Waals surface area contributed by atoms with E-state index < -0.39 is 0 Å². The SMILES string of the molecule is CNC(Cc1ccnc2ccccc12)c1cccc(C)n1. The summed E-state index contributed by atoms with van der Waals surface area (Å²) in [6.45, 7) is 2.03. The fourth-order valence-corrected chi connectivity index (χ4v) is 2.67. The Bertz CT molecular complexity index is 747. The molecule has 0 amide bonds. The first-order valence-corrected chi connectivity index (χ1v) is 7.21. The Labute approximate surface area is 125 Å². The molecule has 1 N–H and O–H groups in total. The van der Waals surface area contributed by atoms with E-state index in [0.717, 1.165) is 23.3 Å². The highest BCUT2D eigenvalue weighted by Gasteiger charge is 2.13. The van der Waals surface area contributed by atoms with Crippen molar-refractivity contribution in [3.63, 3.8) is 0 Å². The predicted octanol–water partition coefficient (Wildman–Crippen LogP) is 3.44. The Balaban J connectivity index is 1.96. The predicted molar refractivity (Wildman–Crippen MR) is 86.2 cm³/mol. The molecule has 0 fully saturated rings. The molecular formula is C18H19N3. The van der Waals surface area contributed by atoms with Gasteiger partial charge in [-0.1, -0.05) is 24.3 Å². The molecule has 1 aromatic carbocycles. The van der Waals surface area contributed by atoms with E-state index in [0.29, 0.717) is 0 Å². The second-order valence-electron chi connectivity index (χ2n) is 5.24. The van der Waals surface area contributed by atoms with Crippen LogP contribution in [0, 0.1) is 6.92 Å². The van der Waals surface area contributed by atoms with E-state index in [-0.39, 0.29) is 6.04 Å². The fourth-order valence-electron chi connectivity index (χ4n) is 2.67. The number of hydrogen-bond donors (Lipinski definition) is 1. The summed E-state index contributed by atoms with van der Waals surface area (Å²) in [6.07, 6.45) is 2.78. The first kappa shape index (κ1) is 13.7. The van der Waals surface area contributed by atoms with E-state index in [2.05, 4.69) is 51.7 Å². The van der Waals surface area contributed by atoms with Crippen LogP contribution in [0.4, 0.5) is 0 Å². The van der Waals surface area contributed by atoms with Crippen LogP contribution in [0.25, 0.3) is 10.9 Å². The van der Waals surface area contributed by atoms with Gasteiger partial charge in [0.2, 0.25) is 0 Å². The van der Waals surface area contributed by atoms with E-state index in [9.17, 15) is 0 Å². The zero-order chi connectivity index (χ0) is 14.7. The van der Waals surface area contributed by atoms with Crippen LogP contribution in [0.5, 0.6) is 0 Å². The number of rotatable bonds is 4. The highest BCUT2D eigenvalue weighted by Crippen LogP contribution is 2.22. The molecule has 0 saturated carbocycles. The molecule has 0 aliphatic heterocycles. The summed E-state index contributed by atoms with van der Waals surface area (Å²) in [5.74, 6) is 0. The topological polar surface area (TPSA) is 37.8 Å². The van der Waals surface area contributed by atoms with Crippen LogP contribution in [0.1, 0.15) is 23.0 Å². The summed E-state index contributed by atoms with van der Waals surface area (Å²) < 4.78 is 0. The number of pyridine rings is 2. The molecule has 0 aliphatic rings. The summed E-state index contributed by atoms with van der Waals surface area (Å²) >= 11 is 0. The van der Waals surface area contributed by atoms with E-state index in [1.54, 1.807) is 0 Å². The Kier molecular flexibility index (Phi) is 3.93. The lowest BCUT2D eigenvalue weighted by molar-refractivity contribution is 0.576. The molecule has 0 aliphatic carbocycles. The smallest absolute Gasteiger partial charge is 0.0704 e. The minimum Gasteiger partial charge on any atom is -0.311 e. The van der Waals surface area contributed by atoms with Crippen molar-refractivity contribution in [1.29, 1.82) is 0 Å². The van der Waals surface area contributed by atoms with E-state index in [4.69, 9.17) is 0 Å². The number of benzene rings is 1. The van der Waals surface area contributed by atoms with Crippen LogP contribution in [0.15, 0.2) is 54.7 Å². The van der Waals surface area contributed by atoms with E-state index >= 15 is 0 Å². The normalized spacial score (nSPS) is 12.5. The highest BCUT2D eigenvalue weighted by molar-refractivity contribution is 5.81. The van der Waals surface area contributed by atoms with Gasteiger partial charge < -0.3 is 5.32 Å². The van der Waals surface area contributed by atoms with Crippen molar-refractivity contribution in [2.45, 2.75) is 19.4 Å². The monoisotopic (exact) mass is 277 g/mol. The van der Waals surface area contributed by atoms with Gasteiger partial charge in [-0.15, -0.1) is 0 Å². The Morgan fingerprint density at radius 1 is 1.05 bits per heavy atom. The average molecular weight is 277 g/mol. The van der Waals surface area contributed by atoms with Crippen molar-refractivity contribution in [2.75, 3.05) is 7.05 Å². The highest BCUT2D eigenvalue weighted by atomic mass is 14.9. The number of hydrogen-bond acceptors (Lipinski definition) is 3. The lowest BCUT2D eigenvalue weighted by Crippen LogP contribution is -2.20. The second-order valence-corrected chi connectivity index (χ2v) is 5.24. The summed E-state index contributed by atoms with van der Waals surface area (Å²) in [7, 11) is 1.98. The molecule has 21 heavy (non-hydrogen) atoms. The lowest BCUT2D eigenvalue weighted by atomic mass is 9.99. The first-order chi connectivity index (χ1) is 10.3. The summed E-state index contributed by atoms with van der Waals surface area (Å²) in [6, 6.07) is 16.7. The molecule has 0 saturated heterocycles. The third-order valence-electron chi connectivity index (χ3n) is 3.78. The molecule has 3 heteroatoms. The molecule has 2 aromatic heterocycles. The van der Waals surface area contributed by atoms with Gasteiger partial charge in [0.25, 0.3) is 0 Å². The van der Waals surface area contributed by atoms with Crippen molar-refractivity contribution in [1.82, 2.24) is 15.3 Å². The van der Waals surface area contributed by atoms with Gasteiger partial charge in [-0.2, -0.15) is 0 Å². The van der Waals surface area contributed by atoms with Gasteiger partial charge in [0.05, 0.1) is 17.3 Å². The Morgan fingerprint density at radius 3 is 2.71 bits per heavy atom. The number of aryl methyl sites for hydroxylation is 1. The Morgan fingerprint density at radius 2 is 1.90 bits per heavy atom. The number of aromatic nitrogens is 2. The third kappa shape index (κ3) is 2.93. The number of nitrogens with one attached hydrogen (secondary N) is 1. The molecule has 3 aromatic rings. The first-order valence-electron chi connectivity index (χ1n) is 7.21. The molecule has 0 radical (unpaired) electrons. The maximum atomic E-state index is 4.64. The van der Waals surface area contributed by atoms with E-state index in [1.807, 2.05) is 32.3 Å². The van der Waals surface area contributed by atoms with Crippen LogP contribution < -0.4 is 5.32 Å². The molecule has 3 nitrogen and oxygen atoms in total. The summed E-state index contributed by atoms with van der Waals surface area (Å²) in [4.78, 5) is 9.07. The molecule has 1 unspecified atom stereocenters. The molecule has 0 bridgehead atoms. The Hall–Kier alpha value is -2.26. The largest absolute Gasteiger partial charge is 0.311 e. The van der Waals surface area contributed by atoms with Crippen molar-refractivity contribution < 1.29 is 0 Å². The molecule has 3 rings (SSSR count). The average Bonchev–Trinajstić information content (AvgIpc) is 2.52. The van der Waals surface area contributed by atoms with Crippen LogP contribution >= 0.6 is 0 Å². The van der Waals surface area contributed by atoms with Gasteiger partial charge in [-0.25, -0.2) is 0 Å². The standard InChI is InChI=1S/C18H19N3/c1-13-6-5-9-17(21-13)18(19-2)12-14-10-11-20-16-8-4-3-7-15(14)16/h3-11,18-19H,12H2,1-2H3. The number of likely N-dealkylation sites (N-methyl/N-ethyl adjacent to an activating group) is 1. The second kappa shape index (κ2) is 6.02. The summed E-state index contributed by atoms with van der Waals surface area (Å²) in [5.41, 5.74) is 4.47. The van der Waals surface area contributed by atoms with Gasteiger partial charge in [-0.3, -0.25) is 9.97 Å². The van der Waals surface area contributed by atoms with Crippen molar-refractivity contribution >= 4 is 10.9 Å². The molecular weight excluding hydrogens is 258 g/mol. The zero-order valence-corrected chi connectivity index (χ0v) is 12.4. The number of fused-ring (bicyclic) bond motifs is 1. The minimum atomic E-state index is 0.204. The quantitative estimate of drug-likeness (QED) is 0.794. The third-order valence-corrected chi connectivity index (χ3v) is 3.78. The summed E-state index contributed by atoms with van der Waals surface area (Å²) in [5, 5.41) is 4.59. The van der Waals surface area contributed by atoms with Crippen LogP contribution in [0.3, 0.4) is 0 Å². The van der Waals surface area contributed by atoms with Crippen LogP contribution in [0.2, 0.25) is 0 Å². The van der Waals surface area contributed by atoms with Gasteiger partial charge in [0.15, 0.2) is 0 Å². The van der Waals surface area contributed by atoms with E-state index in [1.165, 1.54) is 10.9 Å². The van der Waals surface area contributed by atoms with Crippen LogP contribution in [-0.4, -0.2) is 17.0 Å². The van der Waals surface area contributed by atoms with Crippen LogP contribution in [-0.2, 0) is 6.42 Å². The molecule has 106 valence electrons. The fraction of sp³-hybridized carbons (Fsp3) is 0.222. The van der Waals surface area contributed by atoms with Gasteiger partial charge in [0.1, 0.15) is 0 Å². The van der Waals surface area contributed by atoms with Gasteiger partial charge >= 0.3 is 0 Å². The van der Waals surface area contributed by atoms with Crippen molar-refractivity contribution in [2.24, 2.45) is 0 Å². The maximum absolute atomic E-state index is 4.64. The van der Waals surface area contributed by atoms with Crippen molar-refractivity contribution in [3.05, 3.63) is 71.7 Å². The lowest BCUT2D eigenvalue weighted by Gasteiger charge is -2.17. The minimum absolute atomic E-state index is 0.204. The molecule has 0 spiro atoms. The molecule has 1 atom stereocenters. The zero-order valence-electron chi connectivity index (χ0n) is 12.4. The number of nitrogens with zero attached hydrogens (tertiary/aromatic N) is 2. The maximum Gasteiger partial charge on any atom is 0.0704 e. The van der Waals surface area contributed by atoms with Crippen molar-refractivity contribution in [3.8, 4) is 0 Å². The van der Waals surface area contributed by atoms with Gasteiger partial charge in [0, 0.05) is 17.3 Å². The van der Waals surface area contributed by atoms with Gasteiger partial charge in [-0.05, 0) is 50.2 Å².